The van der Waals surface area contributed by atoms with E-state index in [1.54, 1.807) is 0 Å². The van der Waals surface area contributed by atoms with Crippen LogP contribution in [0.1, 0.15) is 164 Å². The molecule has 0 aromatic rings. The van der Waals surface area contributed by atoms with E-state index in [2.05, 4.69) is 111 Å². The van der Waals surface area contributed by atoms with Gasteiger partial charge in [0, 0.05) is 46.2 Å². The normalized spacial score (nSPS) is 27.1. The Hall–Kier alpha value is -12.3. The van der Waals surface area contributed by atoms with Gasteiger partial charge in [-0.2, -0.15) is 0 Å². The van der Waals surface area contributed by atoms with E-state index in [0.29, 0.717) is 0 Å². The summed E-state index contributed by atoms with van der Waals surface area (Å²) in [5.74, 6) is -18.7. The number of guanidine groups is 3. The third-order valence-electron chi connectivity index (χ3n) is 18.0. The topological polar surface area (TPSA) is 760 Å². The quantitative estimate of drug-likeness (QED) is 0.0344. The van der Waals surface area contributed by atoms with Gasteiger partial charge in [-0.1, -0.05) is 0 Å². The smallest absolute Gasteiger partial charge is 0.243 e. The third-order valence-corrected chi connectivity index (χ3v) is 18.0. The van der Waals surface area contributed by atoms with Gasteiger partial charge in [-0.15, -0.1) is 0 Å². The van der Waals surface area contributed by atoms with Gasteiger partial charge in [-0.3, -0.25) is 106 Å². The fourth-order valence-corrected chi connectivity index (χ4v) is 11.5. The molecule has 5 unspecified atom stereocenters. The zero-order chi connectivity index (χ0) is 86.2. The minimum atomic E-state index is -1.88. The van der Waals surface area contributed by atoms with Crippen LogP contribution in [-0.4, -0.2) is 260 Å². The molecule has 3 aliphatic rings. The first-order valence-corrected chi connectivity index (χ1v) is 37.9. The Labute approximate surface area is 663 Å². The number of aliphatic imine (C=N–C) groups is 3. The molecule has 115 heavy (non-hydrogen) atoms. The van der Waals surface area contributed by atoms with Crippen LogP contribution in [0.2, 0.25) is 0 Å². The molecule has 3 fully saturated rings. The lowest BCUT2D eigenvalue weighted by molar-refractivity contribution is -0.137. The standard InChI is InChI=1S/C68H116N28O19/c1-32-52(102)89-43(21-15-27-80-67(72)73)62(112)86-36(5)56(106)95-46(30-49(99)77-24-11-8-17-39(58(108)82-32)88-38(7)97)64(114)93-41-19-10-13-25-78-50(100)31-47(96-57(107)37(6)87-63(113)44(22-16-28-81-68(74)75)91-54(104)34(3)84-60(41)110)65(115)92-40-18-9-12-23-76-48(98)29-45(51(69)101)94-55(105)35(4)85-61(111)42(20-14-26-79-66(70)71)90-53(103)33(2)83-59(40)109/h32-37,39-47H,8-31H2,1-7H3,(H2,69,101)(H,76,98)(H,77,99)(H,78,100)(H,82,108)(H,83,109)(H,84,110)(H,85,111)(H,86,112)(H,87,113)(H,88,97)(H,89,102)(H,90,103)(H,91,104)(H,92,115)(H,93,114)(H,94,105)(H,95,106)(H,96,107)(H4,70,71,79)(H4,72,73,80)(H4,74,75,81)/t32-,33-,34-,35-,36-,37-,39-,40?,41?,42-,43?,44-,45?,46-,47?/m0/s1. The van der Waals surface area contributed by atoms with Crippen molar-refractivity contribution < 1.29 is 91.1 Å². The summed E-state index contributed by atoms with van der Waals surface area (Å²) in [6.07, 6.45) is -2.59. The molecule has 3 aliphatic heterocycles. The van der Waals surface area contributed by atoms with Gasteiger partial charge in [0.1, 0.15) is 90.6 Å². The third kappa shape index (κ3) is 37.3. The molecule has 15 atom stereocenters. The minimum absolute atomic E-state index is 0.000436. The van der Waals surface area contributed by atoms with E-state index in [4.69, 9.17) is 40.1 Å². The van der Waals surface area contributed by atoms with Gasteiger partial charge in [-0.25, -0.2) is 0 Å². The minimum Gasteiger partial charge on any atom is -0.370 e. The van der Waals surface area contributed by atoms with Crippen molar-refractivity contribution in [3.05, 3.63) is 0 Å². The molecule has 0 radical (unpaired) electrons. The molecule has 0 aliphatic carbocycles. The Morgan fingerprint density at radius 2 is 0.565 bits per heavy atom. The van der Waals surface area contributed by atoms with Gasteiger partial charge in [0.05, 0.1) is 19.3 Å². The first kappa shape index (κ1) is 96.9. The summed E-state index contributed by atoms with van der Waals surface area (Å²) in [7, 11) is 0. The molecule has 0 bridgehead atoms. The Morgan fingerprint density at radius 3 is 0.826 bits per heavy atom. The van der Waals surface area contributed by atoms with Crippen molar-refractivity contribution in [3.8, 4) is 0 Å². The van der Waals surface area contributed by atoms with Crippen molar-refractivity contribution in [3.63, 3.8) is 0 Å². The molecule has 0 saturated carbocycles. The molecule has 32 N–H and O–H groups in total. The van der Waals surface area contributed by atoms with Gasteiger partial charge >= 0.3 is 0 Å². The summed E-state index contributed by atoms with van der Waals surface area (Å²) >= 11 is 0. The highest BCUT2D eigenvalue weighted by molar-refractivity contribution is 6.02. The molecule has 0 aromatic carbocycles. The van der Waals surface area contributed by atoms with E-state index in [-0.39, 0.29) is 153 Å². The van der Waals surface area contributed by atoms with Crippen LogP contribution in [0.15, 0.2) is 15.0 Å². The summed E-state index contributed by atoms with van der Waals surface area (Å²) < 4.78 is 0. The lowest BCUT2D eigenvalue weighted by Gasteiger charge is -2.27. The summed E-state index contributed by atoms with van der Waals surface area (Å²) in [5.41, 5.74) is 38.5. The molecule has 3 rings (SSSR count). The fourth-order valence-electron chi connectivity index (χ4n) is 11.5. The van der Waals surface area contributed by atoms with Crippen molar-refractivity contribution in [2.75, 3.05) is 39.3 Å². The number of nitrogens with one attached hydrogen (secondary N) is 18. The first-order valence-electron chi connectivity index (χ1n) is 37.9. The first-order chi connectivity index (χ1) is 54.1. The van der Waals surface area contributed by atoms with Crippen LogP contribution in [0.5, 0.6) is 0 Å². The van der Waals surface area contributed by atoms with Crippen molar-refractivity contribution in [2.45, 2.75) is 255 Å². The predicted octanol–water partition coefficient (Wildman–Crippen LogP) is -11.9. The second-order valence-electron chi connectivity index (χ2n) is 28.0. The second kappa shape index (κ2) is 50.0. The Bertz CT molecular complexity index is 3570. The zero-order valence-corrected chi connectivity index (χ0v) is 65.8. The number of carbonyl (C=O) groups excluding carboxylic acids is 19. The van der Waals surface area contributed by atoms with Gasteiger partial charge in [0.2, 0.25) is 112 Å². The Kier molecular flexibility index (Phi) is 42.1. The zero-order valence-electron chi connectivity index (χ0n) is 65.8. The highest BCUT2D eigenvalue weighted by atomic mass is 16.2. The number of nitrogens with two attached hydrogens (primary N) is 7. The summed E-state index contributed by atoms with van der Waals surface area (Å²) in [5, 5.41) is 45.0. The van der Waals surface area contributed by atoms with Gasteiger partial charge in [0.15, 0.2) is 17.9 Å². The number of hydrogen-bond donors (Lipinski definition) is 25. The van der Waals surface area contributed by atoms with Gasteiger partial charge in [-0.05, 0) is 138 Å². The lowest BCUT2D eigenvalue weighted by atomic mass is 10.0. The van der Waals surface area contributed by atoms with E-state index in [9.17, 15) is 91.1 Å². The lowest BCUT2D eigenvalue weighted by Crippen LogP contribution is -2.60. The molecule has 47 nitrogen and oxygen atoms in total. The number of amides is 19. The van der Waals surface area contributed by atoms with Crippen LogP contribution in [0, 0.1) is 0 Å². The highest BCUT2D eigenvalue weighted by Gasteiger charge is 2.38. The summed E-state index contributed by atoms with van der Waals surface area (Å²) in [4.78, 5) is 274. The number of carbonyl (C=O) groups is 19. The molecule has 47 heteroatoms. The molecular weight excluding hydrogens is 1510 g/mol. The Morgan fingerprint density at radius 1 is 0.322 bits per heavy atom. The SMILES string of the molecule is CC(=O)N[C@H]1CCCCNC(=O)C[C@@H](C(=O)NC2CCCCNC(=O)CC(C(=O)NC3CCCCNC(=O)CC(C(N)=O)NC(=O)[C@H](C)NC(=O)[C@H](CCCN=C(N)N)NC(=O)[C@H](C)NC3=O)NC(=O)[C@H](C)NC(=O)[C@H](CCCN=C(N)N)NC(=O)[C@H](C)NC2=O)NC(=O)[C@H](C)NC(=O)C(CCCN=C(N)N)NC(=O)[C@H](C)NC1=O. The van der Waals surface area contributed by atoms with Crippen molar-refractivity contribution in [2.24, 2.45) is 55.1 Å². The van der Waals surface area contributed by atoms with Crippen LogP contribution >= 0.6 is 0 Å². The van der Waals surface area contributed by atoms with Crippen LogP contribution in [0.3, 0.4) is 0 Å². The van der Waals surface area contributed by atoms with E-state index >= 15 is 0 Å². The number of nitrogens with zero attached hydrogens (tertiary/aromatic N) is 3. The largest absolute Gasteiger partial charge is 0.370 e. The molecule has 0 spiro atoms. The monoisotopic (exact) mass is 1630 g/mol. The summed E-state index contributed by atoms with van der Waals surface area (Å²) in [6.45, 7) is 8.19. The van der Waals surface area contributed by atoms with Gasteiger partial charge in [0.25, 0.3) is 0 Å². The van der Waals surface area contributed by atoms with Crippen LogP contribution in [0.25, 0.3) is 0 Å². The van der Waals surface area contributed by atoms with Crippen molar-refractivity contribution in [1.29, 1.82) is 0 Å². The molecular formula is C68H116N28O19. The predicted molar refractivity (Wildman–Crippen MR) is 412 cm³/mol. The summed E-state index contributed by atoms with van der Waals surface area (Å²) in [6, 6.07) is -22.7. The second-order valence-corrected chi connectivity index (χ2v) is 28.0. The maximum absolute atomic E-state index is 14.7. The van der Waals surface area contributed by atoms with Crippen molar-refractivity contribution in [1.82, 2.24) is 95.7 Å². The molecule has 642 valence electrons. The average molecular weight is 1630 g/mol. The molecule has 0 aromatic heterocycles. The van der Waals surface area contributed by atoms with E-state index in [1.807, 2.05) is 0 Å². The number of rotatable bonds is 18. The molecule has 19 amide bonds. The van der Waals surface area contributed by atoms with Crippen LogP contribution in [-0.2, 0) is 91.1 Å². The highest BCUT2D eigenvalue weighted by Crippen LogP contribution is 2.12. The fraction of sp³-hybridized carbons (Fsp3) is 0.676. The molecule has 3 heterocycles. The Balaban J connectivity index is 2.09. The van der Waals surface area contributed by atoms with Gasteiger partial charge < -0.3 is 136 Å². The van der Waals surface area contributed by atoms with E-state index < -0.39 is 222 Å². The molecule has 3 saturated heterocycles. The number of hydrogen-bond acceptors (Lipinski definition) is 22. The maximum Gasteiger partial charge on any atom is 0.243 e. The van der Waals surface area contributed by atoms with Crippen LogP contribution < -0.4 is 136 Å². The maximum atomic E-state index is 14.7. The average Bonchev–Trinajstić information content (AvgIpc) is 0.863. The van der Waals surface area contributed by atoms with E-state index in [1.165, 1.54) is 48.5 Å². The van der Waals surface area contributed by atoms with E-state index in [0.717, 1.165) is 0 Å². The van der Waals surface area contributed by atoms with Crippen molar-refractivity contribution >= 4 is 130 Å². The van der Waals surface area contributed by atoms with Crippen LogP contribution in [0.4, 0.5) is 0 Å². The number of primary amides is 1.